The van der Waals surface area contributed by atoms with Gasteiger partial charge in [0.15, 0.2) is 6.61 Å². The Morgan fingerprint density at radius 2 is 1.80 bits per heavy atom. The first-order chi connectivity index (χ1) is 14.6. The molecule has 7 heteroatoms. The normalized spacial score (nSPS) is 14.7. The summed E-state index contributed by atoms with van der Waals surface area (Å²) in [6.45, 7) is -0.154. The van der Waals surface area contributed by atoms with Gasteiger partial charge in [-0.1, -0.05) is 48.9 Å². The molecule has 3 aromatic rings. The van der Waals surface area contributed by atoms with E-state index >= 15 is 0 Å². The van der Waals surface area contributed by atoms with E-state index in [2.05, 4.69) is 22.4 Å². The van der Waals surface area contributed by atoms with Gasteiger partial charge in [0.25, 0.3) is 11.5 Å². The molecule has 0 aliphatic heterocycles. The first-order valence-electron chi connectivity index (χ1n) is 9.99. The van der Waals surface area contributed by atoms with Crippen molar-refractivity contribution in [3.63, 3.8) is 0 Å². The SMILES string of the molecule is O=C(COC(=O)Cn1cnc2ccccc2c1=O)NCC1(c2ccccc2)CCC1. The van der Waals surface area contributed by atoms with Gasteiger partial charge >= 0.3 is 5.97 Å². The number of rotatable bonds is 7. The fourth-order valence-corrected chi connectivity index (χ4v) is 3.83. The van der Waals surface area contributed by atoms with Gasteiger partial charge in [-0.3, -0.25) is 19.0 Å². The zero-order chi connectivity index (χ0) is 21.0. The van der Waals surface area contributed by atoms with E-state index in [4.69, 9.17) is 4.74 Å². The summed E-state index contributed by atoms with van der Waals surface area (Å²) < 4.78 is 6.24. The molecule has 1 N–H and O–H groups in total. The maximum Gasteiger partial charge on any atom is 0.326 e. The fourth-order valence-electron chi connectivity index (χ4n) is 3.83. The molecule has 1 heterocycles. The molecule has 0 spiro atoms. The summed E-state index contributed by atoms with van der Waals surface area (Å²) in [7, 11) is 0. The van der Waals surface area contributed by atoms with Crippen molar-refractivity contribution in [2.24, 2.45) is 0 Å². The Bertz CT molecular complexity index is 1120. The highest BCUT2D eigenvalue weighted by Gasteiger charge is 2.38. The number of para-hydroxylation sites is 1. The zero-order valence-corrected chi connectivity index (χ0v) is 16.5. The number of benzene rings is 2. The van der Waals surface area contributed by atoms with Crippen LogP contribution in [-0.2, 0) is 26.3 Å². The monoisotopic (exact) mass is 405 g/mol. The number of hydrogen-bond acceptors (Lipinski definition) is 5. The van der Waals surface area contributed by atoms with Crippen LogP contribution in [0.5, 0.6) is 0 Å². The number of carbonyl (C=O) groups is 2. The molecule has 0 atom stereocenters. The average Bonchev–Trinajstić information content (AvgIpc) is 2.74. The Hall–Kier alpha value is -3.48. The molecule has 30 heavy (non-hydrogen) atoms. The summed E-state index contributed by atoms with van der Waals surface area (Å²) in [4.78, 5) is 40.9. The number of ether oxygens (including phenoxy) is 1. The van der Waals surface area contributed by atoms with Crippen molar-refractivity contribution >= 4 is 22.8 Å². The maximum atomic E-state index is 12.4. The highest BCUT2D eigenvalue weighted by atomic mass is 16.5. The minimum absolute atomic E-state index is 0.0367. The number of esters is 1. The lowest BCUT2D eigenvalue weighted by Crippen LogP contribution is -2.46. The number of carbonyl (C=O) groups excluding carboxylic acids is 2. The average molecular weight is 405 g/mol. The van der Waals surface area contributed by atoms with E-state index in [9.17, 15) is 14.4 Å². The molecule has 2 aromatic carbocycles. The van der Waals surface area contributed by atoms with Gasteiger partial charge in [-0.15, -0.1) is 0 Å². The summed E-state index contributed by atoms with van der Waals surface area (Å²) in [5, 5.41) is 3.31. The topological polar surface area (TPSA) is 90.3 Å². The second kappa shape index (κ2) is 8.49. The van der Waals surface area contributed by atoms with Crippen LogP contribution >= 0.6 is 0 Å². The lowest BCUT2D eigenvalue weighted by atomic mass is 9.64. The van der Waals surface area contributed by atoms with Crippen LogP contribution in [0.4, 0.5) is 0 Å². The highest BCUT2D eigenvalue weighted by Crippen LogP contribution is 2.43. The van der Waals surface area contributed by atoms with Crippen molar-refractivity contribution in [2.75, 3.05) is 13.2 Å². The third kappa shape index (κ3) is 4.10. The van der Waals surface area contributed by atoms with Gasteiger partial charge in [0.2, 0.25) is 0 Å². The Morgan fingerprint density at radius 3 is 2.53 bits per heavy atom. The van der Waals surface area contributed by atoms with Gasteiger partial charge < -0.3 is 10.1 Å². The van der Waals surface area contributed by atoms with E-state index in [-0.39, 0.29) is 30.0 Å². The van der Waals surface area contributed by atoms with E-state index in [0.29, 0.717) is 17.4 Å². The van der Waals surface area contributed by atoms with Crippen LogP contribution < -0.4 is 10.9 Å². The summed E-state index contributed by atoms with van der Waals surface area (Å²) in [6, 6.07) is 17.1. The van der Waals surface area contributed by atoms with E-state index in [0.717, 1.165) is 19.3 Å². The van der Waals surface area contributed by atoms with Gasteiger partial charge in [-0.05, 0) is 30.5 Å². The molecule has 1 aromatic heterocycles. The predicted molar refractivity (Wildman–Crippen MR) is 112 cm³/mol. The molecule has 0 bridgehead atoms. The van der Waals surface area contributed by atoms with Crippen molar-refractivity contribution in [1.29, 1.82) is 0 Å². The van der Waals surface area contributed by atoms with E-state index < -0.39 is 5.97 Å². The van der Waals surface area contributed by atoms with Crippen molar-refractivity contribution in [2.45, 2.75) is 31.2 Å². The van der Waals surface area contributed by atoms with Gasteiger partial charge in [0.1, 0.15) is 6.54 Å². The lowest BCUT2D eigenvalue weighted by molar-refractivity contribution is -0.149. The quantitative estimate of drug-likeness (QED) is 0.609. The largest absolute Gasteiger partial charge is 0.454 e. The highest BCUT2D eigenvalue weighted by molar-refractivity contribution is 5.81. The van der Waals surface area contributed by atoms with Gasteiger partial charge in [0.05, 0.1) is 17.2 Å². The fraction of sp³-hybridized carbons (Fsp3) is 0.304. The van der Waals surface area contributed by atoms with E-state index in [1.807, 2.05) is 18.2 Å². The van der Waals surface area contributed by atoms with Crippen molar-refractivity contribution in [1.82, 2.24) is 14.9 Å². The number of nitrogens with one attached hydrogen (secondary N) is 1. The van der Waals surface area contributed by atoms with Crippen LogP contribution in [0, 0.1) is 0 Å². The third-order valence-corrected chi connectivity index (χ3v) is 5.72. The van der Waals surface area contributed by atoms with Gasteiger partial charge in [-0.2, -0.15) is 0 Å². The minimum atomic E-state index is -0.661. The van der Waals surface area contributed by atoms with Crippen LogP contribution in [0.3, 0.4) is 0 Å². The van der Waals surface area contributed by atoms with Crippen LogP contribution in [0.15, 0.2) is 65.7 Å². The molecule has 7 nitrogen and oxygen atoms in total. The van der Waals surface area contributed by atoms with Gasteiger partial charge in [0, 0.05) is 12.0 Å². The summed E-state index contributed by atoms with van der Waals surface area (Å²) in [6.07, 6.45) is 4.49. The Morgan fingerprint density at radius 1 is 1.07 bits per heavy atom. The van der Waals surface area contributed by atoms with Crippen molar-refractivity contribution < 1.29 is 14.3 Å². The molecule has 0 radical (unpaired) electrons. The van der Waals surface area contributed by atoms with E-state index in [1.165, 1.54) is 16.5 Å². The molecule has 154 valence electrons. The molecule has 1 saturated carbocycles. The Labute approximate surface area is 173 Å². The molecule has 0 unspecified atom stereocenters. The second-order valence-electron chi connectivity index (χ2n) is 7.63. The minimum Gasteiger partial charge on any atom is -0.454 e. The molecule has 4 rings (SSSR count). The van der Waals surface area contributed by atoms with Crippen molar-refractivity contribution in [3.05, 3.63) is 76.8 Å². The molecule has 1 aliphatic carbocycles. The number of aromatic nitrogens is 2. The van der Waals surface area contributed by atoms with E-state index in [1.54, 1.807) is 24.3 Å². The number of amides is 1. The lowest BCUT2D eigenvalue weighted by Gasteiger charge is -2.42. The van der Waals surface area contributed by atoms with Crippen molar-refractivity contribution in [3.8, 4) is 0 Å². The smallest absolute Gasteiger partial charge is 0.326 e. The van der Waals surface area contributed by atoms with Crippen LogP contribution in [0.2, 0.25) is 0 Å². The van der Waals surface area contributed by atoms with Crippen LogP contribution in [-0.4, -0.2) is 34.6 Å². The first kappa shape index (κ1) is 19.8. The number of nitrogens with zero attached hydrogens (tertiary/aromatic N) is 2. The zero-order valence-electron chi connectivity index (χ0n) is 16.5. The van der Waals surface area contributed by atoms with Crippen LogP contribution in [0.1, 0.15) is 24.8 Å². The number of hydrogen-bond donors (Lipinski definition) is 1. The van der Waals surface area contributed by atoms with Gasteiger partial charge in [-0.25, -0.2) is 4.98 Å². The Balaban J connectivity index is 1.30. The molecule has 1 fully saturated rings. The van der Waals surface area contributed by atoms with Crippen LogP contribution in [0.25, 0.3) is 10.9 Å². The first-order valence-corrected chi connectivity index (χ1v) is 9.99. The molecule has 1 aliphatic rings. The number of fused-ring (bicyclic) bond motifs is 1. The Kier molecular flexibility index (Phi) is 5.61. The second-order valence-corrected chi connectivity index (χ2v) is 7.63. The molecular weight excluding hydrogens is 382 g/mol. The summed E-state index contributed by atoms with van der Waals surface area (Å²) >= 11 is 0. The standard InChI is InChI=1S/C23H23N3O4/c27-20(24-15-23(11-6-12-23)17-7-2-1-3-8-17)14-30-21(28)13-26-16-25-19-10-5-4-9-18(19)22(26)29/h1-5,7-10,16H,6,11-15H2,(H,24,27). The predicted octanol–water partition coefficient (Wildman–Crippen LogP) is 2.18. The summed E-state index contributed by atoms with van der Waals surface area (Å²) in [5.41, 5.74) is 1.42. The third-order valence-electron chi connectivity index (χ3n) is 5.72. The maximum absolute atomic E-state index is 12.4. The molecular formula is C23H23N3O4. The molecule has 0 saturated heterocycles. The summed E-state index contributed by atoms with van der Waals surface area (Å²) in [5.74, 6) is -1.01. The molecule has 1 amide bonds.